The van der Waals surface area contributed by atoms with Crippen LogP contribution in [0.5, 0.6) is 0 Å². The highest BCUT2D eigenvalue weighted by Crippen LogP contribution is 2.07. The maximum Gasteiger partial charge on any atom is 0.223 e. The second-order valence-electron chi connectivity index (χ2n) is 4.22. The van der Waals surface area contributed by atoms with Gasteiger partial charge in [-0.2, -0.15) is 0 Å². The summed E-state index contributed by atoms with van der Waals surface area (Å²) in [6, 6.07) is 0. The van der Waals surface area contributed by atoms with Crippen molar-refractivity contribution in [2.75, 3.05) is 6.54 Å². The Morgan fingerprint density at radius 2 is 1.60 bits per heavy atom. The molecule has 0 aliphatic heterocycles. The van der Waals surface area contributed by atoms with E-state index in [0.29, 0.717) is 0 Å². The summed E-state index contributed by atoms with van der Waals surface area (Å²) in [6.45, 7) is 7.23. The van der Waals surface area contributed by atoms with Crippen LogP contribution < -0.4 is 5.32 Å². The molecular weight excluding hydrogens is 186 g/mol. The van der Waals surface area contributed by atoms with Crippen LogP contribution in [0.2, 0.25) is 0 Å². The molecule has 0 spiro atoms. The Kier molecular flexibility index (Phi) is 9.65. The van der Waals surface area contributed by atoms with Crippen LogP contribution in [0.25, 0.3) is 0 Å². The maximum absolute atomic E-state index is 11.6. The van der Waals surface area contributed by atoms with Crippen molar-refractivity contribution >= 4 is 5.91 Å². The second kappa shape index (κ2) is 10.0. The van der Waals surface area contributed by atoms with E-state index in [-0.39, 0.29) is 11.8 Å². The molecule has 2 nitrogen and oxygen atoms in total. The predicted molar refractivity (Wildman–Crippen MR) is 65.8 cm³/mol. The first-order valence-electron chi connectivity index (χ1n) is 6.53. The van der Waals surface area contributed by atoms with Gasteiger partial charge in [-0.1, -0.05) is 46.5 Å². The van der Waals surface area contributed by atoms with Gasteiger partial charge >= 0.3 is 0 Å². The zero-order valence-corrected chi connectivity index (χ0v) is 10.6. The summed E-state index contributed by atoms with van der Waals surface area (Å²) < 4.78 is 0. The molecule has 0 atom stereocenters. The summed E-state index contributed by atoms with van der Waals surface area (Å²) in [7, 11) is 0. The number of rotatable bonds is 9. The lowest BCUT2D eigenvalue weighted by atomic mass is 10.0. The van der Waals surface area contributed by atoms with Crippen molar-refractivity contribution in [3.05, 3.63) is 0 Å². The van der Waals surface area contributed by atoms with Crippen molar-refractivity contribution < 1.29 is 4.79 Å². The standard InChI is InChI=1S/C13H27NO/c1-4-7-8-9-10-11-14-13(15)12(5-2)6-3/h12H,4-11H2,1-3H3,(H,14,15). The predicted octanol–water partition coefficient (Wildman–Crippen LogP) is 3.51. The molecule has 0 unspecified atom stereocenters. The number of carbonyl (C=O) groups excluding carboxylic acids is 1. The van der Waals surface area contributed by atoms with Gasteiger partial charge in [0.1, 0.15) is 0 Å². The van der Waals surface area contributed by atoms with E-state index in [1.807, 2.05) is 0 Å². The smallest absolute Gasteiger partial charge is 0.223 e. The van der Waals surface area contributed by atoms with E-state index in [2.05, 4.69) is 26.1 Å². The molecule has 0 rings (SSSR count). The molecule has 2 heteroatoms. The highest BCUT2D eigenvalue weighted by Gasteiger charge is 2.12. The molecule has 90 valence electrons. The fourth-order valence-corrected chi connectivity index (χ4v) is 1.74. The number of unbranched alkanes of at least 4 members (excludes halogenated alkanes) is 4. The minimum Gasteiger partial charge on any atom is -0.356 e. The molecule has 15 heavy (non-hydrogen) atoms. The molecule has 0 heterocycles. The van der Waals surface area contributed by atoms with Gasteiger partial charge in [0.15, 0.2) is 0 Å². The van der Waals surface area contributed by atoms with Crippen LogP contribution in [0.3, 0.4) is 0 Å². The summed E-state index contributed by atoms with van der Waals surface area (Å²) in [5.74, 6) is 0.469. The molecule has 0 aliphatic carbocycles. The highest BCUT2D eigenvalue weighted by molar-refractivity contribution is 5.78. The summed E-state index contributed by atoms with van der Waals surface area (Å²) in [4.78, 5) is 11.6. The third kappa shape index (κ3) is 7.40. The van der Waals surface area contributed by atoms with Gasteiger partial charge in [-0.05, 0) is 19.3 Å². The van der Waals surface area contributed by atoms with Crippen LogP contribution in [0.15, 0.2) is 0 Å². The lowest BCUT2D eigenvalue weighted by Crippen LogP contribution is -2.30. The molecule has 0 bridgehead atoms. The van der Waals surface area contributed by atoms with Gasteiger partial charge in [-0.15, -0.1) is 0 Å². The lowest BCUT2D eigenvalue weighted by molar-refractivity contribution is -0.125. The first-order valence-corrected chi connectivity index (χ1v) is 6.53. The van der Waals surface area contributed by atoms with Crippen molar-refractivity contribution in [1.29, 1.82) is 0 Å². The van der Waals surface area contributed by atoms with Crippen LogP contribution in [0.4, 0.5) is 0 Å². The number of hydrogen-bond acceptors (Lipinski definition) is 1. The van der Waals surface area contributed by atoms with Gasteiger partial charge in [-0.3, -0.25) is 4.79 Å². The maximum atomic E-state index is 11.6. The minimum atomic E-state index is 0.223. The summed E-state index contributed by atoms with van der Waals surface area (Å²) in [6.07, 6.45) is 8.19. The summed E-state index contributed by atoms with van der Waals surface area (Å²) in [5, 5.41) is 3.02. The first kappa shape index (κ1) is 14.5. The number of hydrogen-bond donors (Lipinski definition) is 1. The van der Waals surface area contributed by atoms with Gasteiger partial charge in [0.2, 0.25) is 5.91 Å². The second-order valence-corrected chi connectivity index (χ2v) is 4.22. The van der Waals surface area contributed by atoms with Crippen molar-refractivity contribution in [2.45, 2.75) is 65.7 Å². The Labute approximate surface area is 94.8 Å². The molecule has 0 aromatic heterocycles. The van der Waals surface area contributed by atoms with Crippen molar-refractivity contribution in [1.82, 2.24) is 5.32 Å². The van der Waals surface area contributed by atoms with Gasteiger partial charge in [0.25, 0.3) is 0 Å². The van der Waals surface area contributed by atoms with Crippen LogP contribution in [-0.4, -0.2) is 12.5 Å². The van der Waals surface area contributed by atoms with Crippen LogP contribution >= 0.6 is 0 Å². The Hall–Kier alpha value is -0.530. The summed E-state index contributed by atoms with van der Waals surface area (Å²) in [5.41, 5.74) is 0. The topological polar surface area (TPSA) is 29.1 Å². The zero-order chi connectivity index (χ0) is 11.5. The van der Waals surface area contributed by atoms with E-state index in [4.69, 9.17) is 0 Å². The van der Waals surface area contributed by atoms with Crippen LogP contribution in [-0.2, 0) is 4.79 Å². The fraction of sp³-hybridized carbons (Fsp3) is 0.923. The van der Waals surface area contributed by atoms with Crippen molar-refractivity contribution in [2.24, 2.45) is 5.92 Å². The quantitative estimate of drug-likeness (QED) is 0.583. The molecule has 1 amide bonds. The average Bonchev–Trinajstić information content (AvgIpc) is 2.25. The van der Waals surface area contributed by atoms with Crippen molar-refractivity contribution in [3.63, 3.8) is 0 Å². The zero-order valence-electron chi connectivity index (χ0n) is 10.6. The number of nitrogens with one attached hydrogen (secondary N) is 1. The first-order chi connectivity index (χ1) is 7.26. The normalized spacial score (nSPS) is 10.7. The number of amides is 1. The molecule has 0 fully saturated rings. The van der Waals surface area contributed by atoms with E-state index >= 15 is 0 Å². The van der Waals surface area contributed by atoms with E-state index in [1.165, 1.54) is 25.7 Å². The van der Waals surface area contributed by atoms with Gasteiger partial charge in [0.05, 0.1) is 0 Å². The van der Waals surface area contributed by atoms with Crippen molar-refractivity contribution in [3.8, 4) is 0 Å². The van der Waals surface area contributed by atoms with E-state index in [9.17, 15) is 4.79 Å². The third-order valence-corrected chi connectivity index (χ3v) is 2.94. The molecule has 0 aromatic rings. The lowest BCUT2D eigenvalue weighted by Gasteiger charge is -2.12. The molecule has 0 saturated carbocycles. The molecule has 0 radical (unpaired) electrons. The SMILES string of the molecule is CCCCCCCNC(=O)C(CC)CC. The Morgan fingerprint density at radius 3 is 2.13 bits per heavy atom. The van der Waals surface area contributed by atoms with E-state index in [1.54, 1.807) is 0 Å². The third-order valence-electron chi connectivity index (χ3n) is 2.94. The van der Waals surface area contributed by atoms with E-state index < -0.39 is 0 Å². The molecule has 0 aliphatic rings. The molecule has 1 N–H and O–H groups in total. The van der Waals surface area contributed by atoms with Crippen LogP contribution in [0.1, 0.15) is 65.7 Å². The Balaban J connectivity index is 3.38. The Bertz CT molecular complexity index is 153. The highest BCUT2D eigenvalue weighted by atomic mass is 16.1. The number of carbonyl (C=O) groups is 1. The Morgan fingerprint density at radius 1 is 1.00 bits per heavy atom. The molecular formula is C13H27NO. The monoisotopic (exact) mass is 213 g/mol. The minimum absolute atomic E-state index is 0.223. The fourth-order valence-electron chi connectivity index (χ4n) is 1.74. The van der Waals surface area contributed by atoms with E-state index in [0.717, 1.165) is 25.8 Å². The molecule has 0 aromatic carbocycles. The largest absolute Gasteiger partial charge is 0.356 e. The average molecular weight is 213 g/mol. The van der Waals surface area contributed by atoms with Gasteiger partial charge < -0.3 is 5.32 Å². The van der Waals surface area contributed by atoms with Gasteiger partial charge in [-0.25, -0.2) is 0 Å². The van der Waals surface area contributed by atoms with Gasteiger partial charge in [0, 0.05) is 12.5 Å². The van der Waals surface area contributed by atoms with Crippen LogP contribution in [0, 0.1) is 5.92 Å². The summed E-state index contributed by atoms with van der Waals surface area (Å²) >= 11 is 0. The molecule has 0 saturated heterocycles.